The number of fused-ring (bicyclic) bond motifs is 1. The van der Waals surface area contributed by atoms with Crippen LogP contribution in [0.2, 0.25) is 0 Å². The van der Waals surface area contributed by atoms with Gasteiger partial charge in [-0.25, -0.2) is 4.98 Å². The first-order valence-corrected chi connectivity index (χ1v) is 8.01. The molecule has 2 heterocycles. The van der Waals surface area contributed by atoms with Gasteiger partial charge in [-0.3, -0.25) is 4.79 Å². The summed E-state index contributed by atoms with van der Waals surface area (Å²) in [6.07, 6.45) is 2.69. The van der Waals surface area contributed by atoms with E-state index in [1.54, 1.807) is 25.3 Å². The zero-order valence-electron chi connectivity index (χ0n) is 12.6. The summed E-state index contributed by atoms with van der Waals surface area (Å²) < 4.78 is 5.91. The smallest absolute Gasteiger partial charge is 0.269 e. The van der Waals surface area contributed by atoms with Gasteiger partial charge in [-0.15, -0.1) is 0 Å². The van der Waals surface area contributed by atoms with Gasteiger partial charge in [-0.05, 0) is 58.2 Å². The predicted molar refractivity (Wildman–Crippen MR) is 92.8 cm³/mol. The molecule has 0 aliphatic rings. The molecule has 6 heteroatoms. The number of rotatable bonds is 5. The summed E-state index contributed by atoms with van der Waals surface area (Å²) >= 11 is 3.26. The zero-order chi connectivity index (χ0) is 16.2. The van der Waals surface area contributed by atoms with Crippen molar-refractivity contribution in [3.8, 4) is 5.75 Å². The fourth-order valence-corrected chi connectivity index (χ4v) is 2.77. The van der Waals surface area contributed by atoms with Crippen LogP contribution in [0.5, 0.6) is 5.75 Å². The molecule has 2 aromatic heterocycles. The predicted octanol–water partition coefficient (Wildman–Crippen LogP) is 3.31. The van der Waals surface area contributed by atoms with Gasteiger partial charge >= 0.3 is 0 Å². The SMILES string of the molecule is COc1ccc2[nH]cc(CCNC(=O)c3cccc(Br)n3)c2c1. The molecule has 0 spiro atoms. The van der Waals surface area contributed by atoms with Gasteiger partial charge in [0.15, 0.2) is 0 Å². The number of carbonyl (C=O) groups is 1. The molecule has 1 aromatic carbocycles. The van der Waals surface area contributed by atoms with E-state index in [2.05, 4.69) is 31.2 Å². The molecule has 3 aromatic rings. The van der Waals surface area contributed by atoms with Crippen LogP contribution in [0, 0.1) is 0 Å². The molecule has 118 valence electrons. The second-order valence-corrected chi connectivity index (χ2v) is 5.89. The molecule has 2 N–H and O–H groups in total. The van der Waals surface area contributed by atoms with Gasteiger partial charge in [0.05, 0.1) is 7.11 Å². The van der Waals surface area contributed by atoms with Crippen LogP contribution in [0.25, 0.3) is 10.9 Å². The maximum atomic E-state index is 12.1. The first kappa shape index (κ1) is 15.6. The molecule has 0 aliphatic heterocycles. The van der Waals surface area contributed by atoms with Crippen LogP contribution in [0.4, 0.5) is 0 Å². The van der Waals surface area contributed by atoms with E-state index >= 15 is 0 Å². The summed E-state index contributed by atoms with van der Waals surface area (Å²) in [6, 6.07) is 11.2. The topological polar surface area (TPSA) is 67.0 Å². The van der Waals surface area contributed by atoms with E-state index in [1.165, 1.54) is 0 Å². The van der Waals surface area contributed by atoms with Gasteiger partial charge in [-0.1, -0.05) is 6.07 Å². The minimum Gasteiger partial charge on any atom is -0.497 e. The number of methoxy groups -OCH3 is 1. The monoisotopic (exact) mass is 373 g/mol. The minimum atomic E-state index is -0.177. The molecule has 23 heavy (non-hydrogen) atoms. The van der Waals surface area contributed by atoms with Crippen molar-refractivity contribution in [2.24, 2.45) is 0 Å². The summed E-state index contributed by atoms with van der Waals surface area (Å²) in [7, 11) is 1.65. The van der Waals surface area contributed by atoms with Crippen LogP contribution in [0.3, 0.4) is 0 Å². The number of aromatic nitrogens is 2. The number of H-pyrrole nitrogens is 1. The molecule has 0 bridgehead atoms. The van der Waals surface area contributed by atoms with Crippen LogP contribution < -0.4 is 10.1 Å². The van der Waals surface area contributed by atoms with E-state index in [0.717, 1.165) is 28.6 Å². The second-order valence-electron chi connectivity index (χ2n) is 5.08. The van der Waals surface area contributed by atoms with Gasteiger partial charge in [0.25, 0.3) is 5.91 Å². The normalized spacial score (nSPS) is 10.7. The quantitative estimate of drug-likeness (QED) is 0.674. The van der Waals surface area contributed by atoms with Crippen molar-refractivity contribution in [3.05, 3.63) is 58.5 Å². The molecule has 0 aliphatic carbocycles. The van der Waals surface area contributed by atoms with E-state index in [9.17, 15) is 4.79 Å². The highest BCUT2D eigenvalue weighted by Crippen LogP contribution is 2.23. The first-order chi connectivity index (χ1) is 11.2. The Morgan fingerprint density at radius 1 is 1.35 bits per heavy atom. The third-order valence-electron chi connectivity index (χ3n) is 3.60. The summed E-state index contributed by atoms with van der Waals surface area (Å²) in [5, 5.41) is 4.00. The lowest BCUT2D eigenvalue weighted by Gasteiger charge is -2.05. The lowest BCUT2D eigenvalue weighted by atomic mass is 10.1. The number of pyridine rings is 1. The largest absolute Gasteiger partial charge is 0.497 e. The molecule has 0 fully saturated rings. The Hall–Kier alpha value is -2.34. The Labute approximate surface area is 142 Å². The number of hydrogen-bond acceptors (Lipinski definition) is 3. The summed E-state index contributed by atoms with van der Waals surface area (Å²) in [6.45, 7) is 0.539. The minimum absolute atomic E-state index is 0.177. The van der Waals surface area contributed by atoms with Gasteiger partial charge in [0.2, 0.25) is 0 Å². The maximum absolute atomic E-state index is 12.1. The number of nitrogens with one attached hydrogen (secondary N) is 2. The number of amides is 1. The van der Waals surface area contributed by atoms with Gasteiger partial charge in [-0.2, -0.15) is 0 Å². The van der Waals surface area contributed by atoms with Gasteiger partial charge in [0.1, 0.15) is 16.0 Å². The summed E-state index contributed by atoms with van der Waals surface area (Å²) in [4.78, 5) is 19.4. The lowest BCUT2D eigenvalue weighted by molar-refractivity contribution is 0.0949. The zero-order valence-corrected chi connectivity index (χ0v) is 14.2. The van der Waals surface area contributed by atoms with Gasteiger partial charge < -0.3 is 15.0 Å². The maximum Gasteiger partial charge on any atom is 0.269 e. The third-order valence-corrected chi connectivity index (χ3v) is 4.04. The second kappa shape index (κ2) is 6.83. The molecule has 0 radical (unpaired) electrons. The number of ether oxygens (including phenoxy) is 1. The Balaban J connectivity index is 1.66. The van der Waals surface area contributed by atoms with E-state index in [0.29, 0.717) is 16.8 Å². The summed E-state index contributed by atoms with van der Waals surface area (Å²) in [5.41, 5.74) is 2.60. The molecule has 0 unspecified atom stereocenters. The van der Waals surface area contributed by atoms with Crippen molar-refractivity contribution in [1.29, 1.82) is 0 Å². The molecular formula is C17H16BrN3O2. The van der Waals surface area contributed by atoms with Crippen LogP contribution >= 0.6 is 15.9 Å². The highest BCUT2D eigenvalue weighted by molar-refractivity contribution is 9.10. The van der Waals surface area contributed by atoms with Crippen LogP contribution in [-0.4, -0.2) is 29.5 Å². The Bertz CT molecular complexity index is 845. The van der Waals surface area contributed by atoms with Gasteiger partial charge in [0, 0.05) is 23.6 Å². The Morgan fingerprint density at radius 3 is 3.00 bits per heavy atom. The Kier molecular flexibility index (Phi) is 4.62. The average Bonchev–Trinajstić information content (AvgIpc) is 2.97. The number of halogens is 1. The number of carbonyl (C=O) groups excluding carboxylic acids is 1. The Morgan fingerprint density at radius 2 is 2.22 bits per heavy atom. The molecular weight excluding hydrogens is 358 g/mol. The van der Waals surface area contributed by atoms with Crippen molar-refractivity contribution in [3.63, 3.8) is 0 Å². The van der Waals surface area contributed by atoms with Crippen LogP contribution in [-0.2, 0) is 6.42 Å². The highest BCUT2D eigenvalue weighted by atomic mass is 79.9. The van der Waals surface area contributed by atoms with E-state index in [1.807, 2.05) is 24.4 Å². The van der Waals surface area contributed by atoms with E-state index < -0.39 is 0 Å². The van der Waals surface area contributed by atoms with E-state index in [4.69, 9.17) is 4.74 Å². The molecule has 5 nitrogen and oxygen atoms in total. The lowest BCUT2D eigenvalue weighted by Crippen LogP contribution is -2.26. The van der Waals surface area contributed by atoms with Crippen LogP contribution in [0.1, 0.15) is 16.1 Å². The average molecular weight is 374 g/mol. The van der Waals surface area contributed by atoms with Crippen molar-refractivity contribution >= 4 is 32.7 Å². The molecule has 3 rings (SSSR count). The van der Waals surface area contributed by atoms with Crippen molar-refractivity contribution in [2.45, 2.75) is 6.42 Å². The third kappa shape index (κ3) is 3.53. The van der Waals surface area contributed by atoms with Crippen LogP contribution in [0.15, 0.2) is 47.2 Å². The standard InChI is InChI=1S/C17H16BrN3O2/c1-23-12-5-6-14-13(9-12)11(10-20-14)7-8-19-17(22)15-3-2-4-16(18)21-15/h2-6,9-10,20H,7-8H2,1H3,(H,19,22). The fraction of sp³-hybridized carbons (Fsp3) is 0.176. The molecule has 1 amide bonds. The summed E-state index contributed by atoms with van der Waals surface area (Å²) in [5.74, 6) is 0.643. The van der Waals surface area contributed by atoms with Crippen molar-refractivity contribution in [1.82, 2.24) is 15.3 Å². The molecule has 0 saturated heterocycles. The molecule has 0 saturated carbocycles. The van der Waals surface area contributed by atoms with Crippen molar-refractivity contribution < 1.29 is 9.53 Å². The fourth-order valence-electron chi connectivity index (χ4n) is 2.43. The molecule has 0 atom stereocenters. The number of nitrogens with zero attached hydrogens (tertiary/aromatic N) is 1. The van der Waals surface area contributed by atoms with Crippen molar-refractivity contribution in [2.75, 3.05) is 13.7 Å². The van der Waals surface area contributed by atoms with E-state index in [-0.39, 0.29) is 5.91 Å². The number of aromatic amines is 1. The number of benzene rings is 1. The highest BCUT2D eigenvalue weighted by Gasteiger charge is 2.09. The first-order valence-electron chi connectivity index (χ1n) is 7.22. The number of hydrogen-bond donors (Lipinski definition) is 2.